The molecule has 1 rings (SSSR count). The minimum absolute atomic E-state index is 1.09. The number of rotatable bonds is 6. The maximum absolute atomic E-state index is 3.48. The Morgan fingerprint density at radius 2 is 1.73 bits per heavy atom. The average Bonchev–Trinajstić information content (AvgIpc) is 2.16. The largest absolute Gasteiger partial charge is 0.385 e. The van der Waals surface area contributed by atoms with Gasteiger partial charge in [0.05, 0.1) is 0 Å². The summed E-state index contributed by atoms with van der Waals surface area (Å²) in [5, 5.41) is 3.48. The normalized spacial score (nSPS) is 10.3. The van der Waals surface area contributed by atoms with E-state index in [4.69, 9.17) is 0 Å². The predicted molar refractivity (Wildman–Crippen MR) is 72.0 cm³/mol. The summed E-state index contributed by atoms with van der Waals surface area (Å²) in [5.74, 6) is 1.27. The molecule has 0 atom stereocenters. The number of benzene rings is 1. The van der Waals surface area contributed by atoms with Gasteiger partial charge in [0.15, 0.2) is 0 Å². The van der Waals surface area contributed by atoms with Crippen LogP contribution in [-0.2, 0) is 0 Å². The third-order valence-corrected chi connectivity index (χ3v) is 3.02. The smallest absolute Gasteiger partial charge is 0.0345 e. The van der Waals surface area contributed by atoms with Gasteiger partial charge >= 0.3 is 0 Å². The van der Waals surface area contributed by atoms with E-state index in [0.29, 0.717) is 0 Å². The minimum atomic E-state index is 1.09. The van der Waals surface area contributed by atoms with Crippen molar-refractivity contribution in [2.24, 2.45) is 0 Å². The molecule has 0 saturated heterocycles. The van der Waals surface area contributed by atoms with Gasteiger partial charge in [-0.05, 0) is 62.0 Å². The molecule has 0 spiro atoms. The molecule has 1 N–H and O–H groups in total. The van der Waals surface area contributed by atoms with Crippen molar-refractivity contribution in [1.29, 1.82) is 0 Å². The predicted octanol–water partition coefficient (Wildman–Crippen LogP) is 3.86. The Hall–Kier alpha value is -0.630. The molecule has 0 heterocycles. The van der Waals surface area contributed by atoms with Crippen molar-refractivity contribution in [3.05, 3.63) is 29.3 Å². The van der Waals surface area contributed by atoms with Gasteiger partial charge in [-0.3, -0.25) is 0 Å². The van der Waals surface area contributed by atoms with Crippen molar-refractivity contribution in [3.63, 3.8) is 0 Å². The maximum Gasteiger partial charge on any atom is 0.0345 e. The summed E-state index contributed by atoms with van der Waals surface area (Å²) in [6.07, 6.45) is 4.73. The van der Waals surface area contributed by atoms with E-state index in [9.17, 15) is 0 Å². The fraction of sp³-hybridized carbons (Fsp3) is 0.538. The Kier molecular flexibility index (Phi) is 5.62. The van der Waals surface area contributed by atoms with Gasteiger partial charge < -0.3 is 5.32 Å². The van der Waals surface area contributed by atoms with E-state index in [-0.39, 0.29) is 0 Å². The van der Waals surface area contributed by atoms with Crippen molar-refractivity contribution in [2.45, 2.75) is 26.7 Å². The van der Waals surface area contributed by atoms with E-state index >= 15 is 0 Å². The highest BCUT2D eigenvalue weighted by Crippen LogP contribution is 2.13. The number of unbranched alkanes of at least 4 members (excludes halogenated alkanes) is 1. The van der Waals surface area contributed by atoms with Crippen LogP contribution in [0.4, 0.5) is 5.69 Å². The van der Waals surface area contributed by atoms with E-state index in [1.807, 2.05) is 11.8 Å². The first-order chi connectivity index (χ1) is 7.22. The van der Waals surface area contributed by atoms with Crippen molar-refractivity contribution in [2.75, 3.05) is 23.9 Å². The first-order valence-corrected chi connectivity index (χ1v) is 6.93. The van der Waals surface area contributed by atoms with Crippen molar-refractivity contribution < 1.29 is 0 Å². The topological polar surface area (TPSA) is 12.0 Å². The molecular formula is C13H21NS. The van der Waals surface area contributed by atoms with E-state index in [1.165, 1.54) is 35.4 Å². The van der Waals surface area contributed by atoms with Crippen LogP contribution in [0.15, 0.2) is 18.2 Å². The summed E-state index contributed by atoms with van der Waals surface area (Å²) in [7, 11) is 0. The molecule has 0 aromatic heterocycles. The van der Waals surface area contributed by atoms with Gasteiger partial charge in [-0.1, -0.05) is 6.07 Å². The standard InChI is InChI=1S/C13H21NS/c1-11-8-12(2)10-13(9-11)14-6-4-5-7-15-3/h8-10,14H,4-7H2,1-3H3. The molecule has 0 radical (unpaired) electrons. The zero-order valence-corrected chi connectivity index (χ0v) is 10.8. The molecule has 84 valence electrons. The van der Waals surface area contributed by atoms with Gasteiger partial charge in [0.25, 0.3) is 0 Å². The van der Waals surface area contributed by atoms with Gasteiger partial charge in [0.1, 0.15) is 0 Å². The number of nitrogens with one attached hydrogen (secondary N) is 1. The summed E-state index contributed by atoms with van der Waals surface area (Å²) >= 11 is 1.92. The summed E-state index contributed by atoms with van der Waals surface area (Å²) < 4.78 is 0. The Labute approximate surface area is 97.7 Å². The lowest BCUT2D eigenvalue weighted by Gasteiger charge is -2.08. The highest BCUT2D eigenvalue weighted by molar-refractivity contribution is 7.98. The second-order valence-corrected chi connectivity index (χ2v) is 4.99. The molecule has 0 bridgehead atoms. The second-order valence-electron chi connectivity index (χ2n) is 4.00. The molecular weight excluding hydrogens is 202 g/mol. The molecule has 0 aliphatic carbocycles. The van der Waals surface area contributed by atoms with Crippen LogP contribution < -0.4 is 5.32 Å². The molecule has 0 aliphatic heterocycles. The molecule has 1 aromatic rings. The third-order valence-electron chi connectivity index (χ3n) is 2.33. The van der Waals surface area contributed by atoms with Crippen LogP contribution in [0.1, 0.15) is 24.0 Å². The lowest BCUT2D eigenvalue weighted by molar-refractivity contribution is 0.843. The molecule has 0 unspecified atom stereocenters. The lowest BCUT2D eigenvalue weighted by atomic mass is 10.1. The van der Waals surface area contributed by atoms with Gasteiger partial charge in [0.2, 0.25) is 0 Å². The first kappa shape index (κ1) is 12.4. The summed E-state index contributed by atoms with van der Waals surface area (Å²) in [5.41, 5.74) is 3.93. The van der Waals surface area contributed by atoms with E-state index in [0.717, 1.165) is 6.54 Å². The van der Waals surface area contributed by atoms with Crippen LogP contribution in [-0.4, -0.2) is 18.6 Å². The van der Waals surface area contributed by atoms with Crippen LogP contribution >= 0.6 is 11.8 Å². The number of hydrogen-bond acceptors (Lipinski definition) is 2. The number of aryl methyl sites for hydroxylation is 2. The van der Waals surface area contributed by atoms with Crippen LogP contribution in [0.2, 0.25) is 0 Å². The molecule has 1 aromatic carbocycles. The van der Waals surface area contributed by atoms with Crippen molar-refractivity contribution in [1.82, 2.24) is 0 Å². The van der Waals surface area contributed by atoms with Crippen LogP contribution in [0.25, 0.3) is 0 Å². The van der Waals surface area contributed by atoms with Gasteiger partial charge in [-0.2, -0.15) is 11.8 Å². The molecule has 0 saturated carbocycles. The maximum atomic E-state index is 3.48. The fourth-order valence-electron chi connectivity index (χ4n) is 1.68. The summed E-state index contributed by atoms with van der Waals surface area (Å²) in [4.78, 5) is 0. The summed E-state index contributed by atoms with van der Waals surface area (Å²) in [6, 6.07) is 6.63. The van der Waals surface area contributed by atoms with Crippen LogP contribution in [0, 0.1) is 13.8 Å². The average molecular weight is 223 g/mol. The number of hydrogen-bond donors (Lipinski definition) is 1. The van der Waals surface area contributed by atoms with E-state index < -0.39 is 0 Å². The monoisotopic (exact) mass is 223 g/mol. The zero-order valence-electron chi connectivity index (χ0n) is 9.97. The molecule has 0 amide bonds. The molecule has 0 fully saturated rings. The first-order valence-electron chi connectivity index (χ1n) is 5.53. The van der Waals surface area contributed by atoms with Crippen LogP contribution in [0.5, 0.6) is 0 Å². The SMILES string of the molecule is CSCCCCNc1cc(C)cc(C)c1. The van der Waals surface area contributed by atoms with Gasteiger partial charge in [-0.25, -0.2) is 0 Å². The van der Waals surface area contributed by atoms with Gasteiger partial charge in [0, 0.05) is 12.2 Å². The quantitative estimate of drug-likeness (QED) is 0.735. The Morgan fingerprint density at radius 3 is 2.33 bits per heavy atom. The van der Waals surface area contributed by atoms with Crippen molar-refractivity contribution in [3.8, 4) is 0 Å². The van der Waals surface area contributed by atoms with Crippen molar-refractivity contribution >= 4 is 17.4 Å². The highest BCUT2D eigenvalue weighted by Gasteiger charge is 1.94. The number of anilines is 1. The lowest BCUT2D eigenvalue weighted by Crippen LogP contribution is -2.02. The zero-order chi connectivity index (χ0) is 11.1. The van der Waals surface area contributed by atoms with Gasteiger partial charge in [-0.15, -0.1) is 0 Å². The number of thioether (sulfide) groups is 1. The second kappa shape index (κ2) is 6.78. The minimum Gasteiger partial charge on any atom is -0.385 e. The van der Waals surface area contributed by atoms with E-state index in [1.54, 1.807) is 0 Å². The molecule has 0 aliphatic rings. The van der Waals surface area contributed by atoms with Crippen LogP contribution in [0.3, 0.4) is 0 Å². The fourth-order valence-corrected chi connectivity index (χ4v) is 2.17. The molecule has 1 nitrogen and oxygen atoms in total. The Balaban J connectivity index is 2.31. The highest BCUT2D eigenvalue weighted by atomic mass is 32.2. The Morgan fingerprint density at radius 1 is 1.07 bits per heavy atom. The summed E-state index contributed by atoms with van der Waals surface area (Å²) in [6.45, 7) is 5.38. The molecule has 15 heavy (non-hydrogen) atoms. The van der Waals surface area contributed by atoms with E-state index in [2.05, 4.69) is 43.6 Å². The third kappa shape index (κ3) is 5.12. The molecule has 2 heteroatoms. The Bertz CT molecular complexity index is 276.